The van der Waals surface area contributed by atoms with Crippen LogP contribution in [0, 0.1) is 17.1 Å². The third-order valence-corrected chi connectivity index (χ3v) is 3.10. The molecule has 1 rings (SSSR count). The highest BCUT2D eigenvalue weighted by atomic mass is 19.1. The highest BCUT2D eigenvalue weighted by Crippen LogP contribution is 2.15. The maximum absolute atomic E-state index is 13.7. The van der Waals surface area contributed by atoms with E-state index >= 15 is 0 Å². The van der Waals surface area contributed by atoms with Crippen molar-refractivity contribution < 1.29 is 14.3 Å². The first-order valence-electron chi connectivity index (χ1n) is 6.12. The quantitative estimate of drug-likeness (QED) is 0.856. The summed E-state index contributed by atoms with van der Waals surface area (Å²) in [7, 11) is 0. The Labute approximate surface area is 112 Å². The number of benzene rings is 1. The summed E-state index contributed by atoms with van der Waals surface area (Å²) in [5, 5.41) is 17.7. The molecule has 5 heteroatoms. The maximum Gasteiger partial charge on any atom is 0.317 e. The Morgan fingerprint density at radius 3 is 2.79 bits per heavy atom. The van der Waals surface area contributed by atoms with Crippen LogP contribution < -0.4 is 0 Å². The standard InChI is InChI=1S/C14H17FN2O2/c1-3-10(2)17(9-14(18)19)8-12-6-11(7-16)4-5-13(12)15/h4-6,10H,3,8-9H2,1-2H3,(H,18,19). The minimum atomic E-state index is -0.947. The lowest BCUT2D eigenvalue weighted by atomic mass is 10.1. The van der Waals surface area contributed by atoms with Crippen LogP contribution in [-0.4, -0.2) is 28.6 Å². The molecule has 1 aromatic carbocycles. The molecule has 0 saturated carbocycles. The van der Waals surface area contributed by atoms with E-state index in [4.69, 9.17) is 10.4 Å². The van der Waals surface area contributed by atoms with E-state index in [9.17, 15) is 9.18 Å². The van der Waals surface area contributed by atoms with Crippen molar-refractivity contribution in [3.8, 4) is 6.07 Å². The average Bonchev–Trinajstić information content (AvgIpc) is 2.38. The van der Waals surface area contributed by atoms with Crippen molar-refractivity contribution in [2.75, 3.05) is 6.54 Å². The van der Waals surface area contributed by atoms with E-state index in [1.54, 1.807) is 4.90 Å². The predicted molar refractivity (Wildman–Crippen MR) is 68.9 cm³/mol. The Bertz CT molecular complexity index is 497. The zero-order valence-corrected chi connectivity index (χ0v) is 11.1. The normalized spacial score (nSPS) is 12.2. The molecule has 0 heterocycles. The molecule has 1 atom stereocenters. The van der Waals surface area contributed by atoms with Crippen LogP contribution in [0.1, 0.15) is 31.4 Å². The molecule has 102 valence electrons. The number of carboxylic acids is 1. The Balaban J connectivity index is 2.95. The van der Waals surface area contributed by atoms with E-state index in [2.05, 4.69) is 0 Å². The molecule has 4 nitrogen and oxygen atoms in total. The first-order valence-corrected chi connectivity index (χ1v) is 6.12. The Morgan fingerprint density at radius 2 is 2.26 bits per heavy atom. The molecule has 19 heavy (non-hydrogen) atoms. The zero-order valence-electron chi connectivity index (χ0n) is 11.1. The van der Waals surface area contributed by atoms with Gasteiger partial charge in [-0.2, -0.15) is 5.26 Å². The second-order valence-electron chi connectivity index (χ2n) is 4.47. The van der Waals surface area contributed by atoms with Crippen LogP contribution in [0.2, 0.25) is 0 Å². The van der Waals surface area contributed by atoms with Gasteiger partial charge in [0, 0.05) is 18.2 Å². The largest absolute Gasteiger partial charge is 0.480 e. The van der Waals surface area contributed by atoms with Gasteiger partial charge in [-0.3, -0.25) is 9.69 Å². The zero-order chi connectivity index (χ0) is 14.4. The molecular formula is C14H17FN2O2. The van der Waals surface area contributed by atoms with Crippen LogP contribution in [-0.2, 0) is 11.3 Å². The fourth-order valence-corrected chi connectivity index (χ4v) is 1.78. The second kappa shape index (κ2) is 6.86. The first kappa shape index (κ1) is 15.1. The predicted octanol–water partition coefficient (Wildman–Crippen LogP) is 2.38. The molecule has 0 aliphatic rings. The SMILES string of the molecule is CCC(C)N(CC(=O)O)Cc1cc(C#N)ccc1F. The minimum absolute atomic E-state index is 0.0289. The third kappa shape index (κ3) is 4.34. The summed E-state index contributed by atoms with van der Waals surface area (Å²) in [4.78, 5) is 12.5. The molecule has 0 saturated heterocycles. The Hall–Kier alpha value is -1.93. The van der Waals surface area contributed by atoms with Gasteiger partial charge >= 0.3 is 5.97 Å². The number of rotatable bonds is 6. The molecule has 0 radical (unpaired) electrons. The van der Waals surface area contributed by atoms with Crippen LogP contribution in [0.25, 0.3) is 0 Å². The van der Waals surface area contributed by atoms with Crippen molar-refractivity contribution in [2.24, 2.45) is 0 Å². The molecular weight excluding hydrogens is 247 g/mol. The molecule has 1 aromatic rings. The summed E-state index contributed by atoms with van der Waals surface area (Å²) in [6.07, 6.45) is 0.771. The number of aliphatic carboxylic acids is 1. The molecule has 1 N–H and O–H groups in total. The topological polar surface area (TPSA) is 64.3 Å². The molecule has 0 bridgehead atoms. The van der Waals surface area contributed by atoms with E-state index in [-0.39, 0.29) is 19.1 Å². The highest BCUT2D eigenvalue weighted by Gasteiger charge is 2.17. The van der Waals surface area contributed by atoms with Gasteiger partial charge in [-0.25, -0.2) is 4.39 Å². The number of hydrogen-bond donors (Lipinski definition) is 1. The van der Waals surface area contributed by atoms with E-state index in [1.807, 2.05) is 19.9 Å². The molecule has 0 aliphatic heterocycles. The summed E-state index contributed by atoms with van der Waals surface area (Å²) < 4.78 is 13.7. The van der Waals surface area contributed by atoms with Gasteiger partial charge in [-0.05, 0) is 31.5 Å². The number of halogens is 1. The van der Waals surface area contributed by atoms with Crippen LogP contribution in [0.5, 0.6) is 0 Å². The van der Waals surface area contributed by atoms with Crippen molar-refractivity contribution >= 4 is 5.97 Å². The van der Waals surface area contributed by atoms with Crippen molar-refractivity contribution in [3.05, 3.63) is 35.1 Å². The molecule has 1 unspecified atom stereocenters. The maximum atomic E-state index is 13.7. The number of carboxylic acid groups (broad SMARTS) is 1. The van der Waals surface area contributed by atoms with E-state index in [0.717, 1.165) is 6.42 Å². The van der Waals surface area contributed by atoms with Gasteiger partial charge in [0.15, 0.2) is 0 Å². The van der Waals surface area contributed by atoms with Gasteiger partial charge in [-0.15, -0.1) is 0 Å². The number of hydrogen-bond acceptors (Lipinski definition) is 3. The van der Waals surface area contributed by atoms with Gasteiger partial charge in [0.25, 0.3) is 0 Å². The van der Waals surface area contributed by atoms with Crippen LogP contribution in [0.3, 0.4) is 0 Å². The van der Waals surface area contributed by atoms with Crippen LogP contribution in [0.4, 0.5) is 4.39 Å². The number of carbonyl (C=O) groups is 1. The smallest absolute Gasteiger partial charge is 0.317 e. The first-order chi connectivity index (χ1) is 8.97. The molecule has 0 aromatic heterocycles. The molecule has 0 spiro atoms. The lowest BCUT2D eigenvalue weighted by molar-refractivity contribution is -0.139. The van der Waals surface area contributed by atoms with Gasteiger partial charge in [0.1, 0.15) is 5.82 Å². The average molecular weight is 264 g/mol. The fourth-order valence-electron chi connectivity index (χ4n) is 1.78. The molecule has 0 amide bonds. The fraction of sp³-hybridized carbons (Fsp3) is 0.429. The number of nitrogens with zero attached hydrogens (tertiary/aromatic N) is 2. The minimum Gasteiger partial charge on any atom is -0.480 e. The lowest BCUT2D eigenvalue weighted by Crippen LogP contribution is -2.36. The van der Waals surface area contributed by atoms with Crippen molar-refractivity contribution in [2.45, 2.75) is 32.9 Å². The summed E-state index contributed by atoms with van der Waals surface area (Å²) in [5.74, 6) is -1.37. The van der Waals surface area contributed by atoms with E-state index < -0.39 is 11.8 Å². The Kier molecular flexibility index (Phi) is 5.46. The van der Waals surface area contributed by atoms with Crippen molar-refractivity contribution in [1.82, 2.24) is 4.90 Å². The van der Waals surface area contributed by atoms with Crippen molar-refractivity contribution in [1.29, 1.82) is 5.26 Å². The third-order valence-electron chi connectivity index (χ3n) is 3.10. The van der Waals surface area contributed by atoms with Gasteiger partial charge < -0.3 is 5.11 Å². The number of nitriles is 1. The summed E-state index contributed by atoms with van der Waals surface area (Å²) in [6, 6.07) is 6.09. The summed E-state index contributed by atoms with van der Waals surface area (Å²) in [5.41, 5.74) is 0.719. The monoisotopic (exact) mass is 264 g/mol. The van der Waals surface area contributed by atoms with Gasteiger partial charge in [0.05, 0.1) is 18.2 Å². The molecule has 0 aliphatic carbocycles. The summed E-state index contributed by atoms with van der Waals surface area (Å²) >= 11 is 0. The lowest BCUT2D eigenvalue weighted by Gasteiger charge is -2.26. The van der Waals surface area contributed by atoms with Crippen LogP contribution >= 0.6 is 0 Å². The van der Waals surface area contributed by atoms with Gasteiger partial charge in [0.2, 0.25) is 0 Å². The molecule has 0 fully saturated rings. The summed E-state index contributed by atoms with van der Waals surface area (Å²) in [6.45, 7) is 3.88. The van der Waals surface area contributed by atoms with E-state index in [0.29, 0.717) is 11.1 Å². The highest BCUT2D eigenvalue weighted by molar-refractivity contribution is 5.69. The van der Waals surface area contributed by atoms with Crippen molar-refractivity contribution in [3.63, 3.8) is 0 Å². The second-order valence-corrected chi connectivity index (χ2v) is 4.47. The van der Waals surface area contributed by atoms with Gasteiger partial charge in [-0.1, -0.05) is 6.92 Å². The van der Waals surface area contributed by atoms with E-state index in [1.165, 1.54) is 18.2 Å². The van der Waals surface area contributed by atoms with Crippen LogP contribution in [0.15, 0.2) is 18.2 Å². The Morgan fingerprint density at radius 1 is 1.58 bits per heavy atom.